The van der Waals surface area contributed by atoms with Gasteiger partial charge in [0.1, 0.15) is 6.04 Å². The molecule has 0 aliphatic heterocycles. The van der Waals surface area contributed by atoms with Crippen molar-refractivity contribution in [2.24, 2.45) is 23.5 Å². The van der Waals surface area contributed by atoms with Crippen LogP contribution in [0.1, 0.15) is 40.5 Å². The van der Waals surface area contributed by atoms with Crippen molar-refractivity contribution in [3.63, 3.8) is 0 Å². The molecular weight excluding hydrogens is 274 g/mol. The average molecular weight is 301 g/mol. The van der Waals surface area contributed by atoms with Crippen molar-refractivity contribution in [1.29, 1.82) is 0 Å². The molecule has 0 saturated carbocycles. The smallest absolute Gasteiger partial charge is 0.312 e. The van der Waals surface area contributed by atoms with Gasteiger partial charge in [0.2, 0.25) is 5.91 Å². The number of carboxylic acid groups (broad SMARTS) is 1. The maximum atomic E-state index is 12.1. The predicted octanol–water partition coefficient (Wildman–Crippen LogP) is 0.933. The van der Waals surface area contributed by atoms with Crippen molar-refractivity contribution in [2.75, 3.05) is 6.54 Å². The molecule has 0 aliphatic carbocycles. The Morgan fingerprint density at radius 3 is 2.10 bits per heavy atom. The van der Waals surface area contributed by atoms with E-state index in [0.717, 1.165) is 0 Å². The first kappa shape index (κ1) is 19.2. The summed E-state index contributed by atoms with van der Waals surface area (Å²) < 4.78 is 0. The van der Waals surface area contributed by atoms with E-state index in [-0.39, 0.29) is 30.7 Å². The first-order valence-corrected chi connectivity index (χ1v) is 7.18. The Bertz CT molecular complexity index is 369. The lowest BCUT2D eigenvalue weighted by Gasteiger charge is -2.23. The van der Waals surface area contributed by atoms with Gasteiger partial charge in [-0.3, -0.25) is 9.59 Å². The number of rotatable bonds is 9. The van der Waals surface area contributed by atoms with E-state index in [9.17, 15) is 14.4 Å². The number of carboxylic acids is 1. The standard InChI is InChI=1S/C14H27N3O4/c1-8(2)5-10(6-11(18)19)7-16-13(20)12(9(3)4)17-14(15)21/h8-10,12H,5-7H2,1-4H3,(H,16,20)(H,18,19)(H3,15,17,21). The fourth-order valence-electron chi connectivity index (χ4n) is 2.20. The molecular formula is C14H27N3O4. The number of carbonyl (C=O) groups is 3. The Labute approximate surface area is 125 Å². The van der Waals surface area contributed by atoms with Gasteiger partial charge in [0, 0.05) is 13.0 Å². The minimum Gasteiger partial charge on any atom is -0.481 e. The summed E-state index contributed by atoms with van der Waals surface area (Å²) in [5.41, 5.74) is 5.05. The molecule has 2 unspecified atom stereocenters. The zero-order valence-electron chi connectivity index (χ0n) is 13.2. The third-order valence-corrected chi connectivity index (χ3v) is 3.08. The topological polar surface area (TPSA) is 122 Å². The van der Waals surface area contributed by atoms with Gasteiger partial charge in [-0.05, 0) is 24.2 Å². The molecule has 122 valence electrons. The molecule has 0 bridgehead atoms. The molecule has 3 amide bonds. The van der Waals surface area contributed by atoms with Crippen molar-refractivity contribution in [3.8, 4) is 0 Å². The van der Waals surface area contributed by atoms with Gasteiger partial charge in [0.05, 0.1) is 0 Å². The van der Waals surface area contributed by atoms with Crippen LogP contribution in [0.5, 0.6) is 0 Å². The molecule has 0 aromatic heterocycles. The van der Waals surface area contributed by atoms with Gasteiger partial charge in [-0.25, -0.2) is 4.79 Å². The molecule has 0 aliphatic rings. The molecule has 7 heteroatoms. The molecule has 0 heterocycles. The molecule has 5 N–H and O–H groups in total. The second kappa shape index (κ2) is 9.20. The van der Waals surface area contributed by atoms with E-state index in [4.69, 9.17) is 10.8 Å². The van der Waals surface area contributed by atoms with Crippen molar-refractivity contribution < 1.29 is 19.5 Å². The molecule has 0 aromatic rings. The third-order valence-electron chi connectivity index (χ3n) is 3.08. The number of nitrogens with one attached hydrogen (secondary N) is 2. The van der Waals surface area contributed by atoms with Crippen LogP contribution in [0.2, 0.25) is 0 Å². The summed E-state index contributed by atoms with van der Waals surface area (Å²) in [5, 5.41) is 14.0. The van der Waals surface area contributed by atoms with Gasteiger partial charge in [-0.2, -0.15) is 0 Å². The Morgan fingerprint density at radius 2 is 1.71 bits per heavy atom. The highest BCUT2D eigenvalue weighted by Crippen LogP contribution is 2.15. The van der Waals surface area contributed by atoms with E-state index in [2.05, 4.69) is 10.6 Å². The lowest BCUT2D eigenvalue weighted by molar-refractivity contribution is -0.138. The molecule has 0 fully saturated rings. The lowest BCUT2D eigenvalue weighted by atomic mass is 9.94. The van der Waals surface area contributed by atoms with Gasteiger partial charge < -0.3 is 21.5 Å². The predicted molar refractivity (Wildman–Crippen MR) is 79.6 cm³/mol. The van der Waals surface area contributed by atoms with Crippen LogP contribution in [0, 0.1) is 17.8 Å². The molecule has 0 aromatic carbocycles. The number of aliphatic carboxylic acids is 1. The number of primary amides is 1. The molecule has 0 spiro atoms. The van der Waals surface area contributed by atoms with Crippen LogP contribution in [0.4, 0.5) is 4.79 Å². The van der Waals surface area contributed by atoms with Crippen molar-refractivity contribution in [2.45, 2.75) is 46.6 Å². The summed E-state index contributed by atoms with van der Waals surface area (Å²) in [6.07, 6.45) is 0.718. The highest BCUT2D eigenvalue weighted by atomic mass is 16.4. The average Bonchev–Trinajstić information content (AvgIpc) is 2.30. The molecule has 0 radical (unpaired) electrons. The van der Waals surface area contributed by atoms with Gasteiger partial charge >= 0.3 is 12.0 Å². The minimum atomic E-state index is -0.884. The number of carbonyl (C=O) groups excluding carboxylic acids is 2. The van der Waals surface area contributed by atoms with E-state index in [1.54, 1.807) is 13.8 Å². The van der Waals surface area contributed by atoms with Crippen LogP contribution in [0.25, 0.3) is 0 Å². The first-order chi connectivity index (χ1) is 9.63. The summed E-state index contributed by atoms with van der Waals surface area (Å²) in [6, 6.07) is -1.47. The van der Waals surface area contributed by atoms with E-state index in [1.165, 1.54) is 0 Å². The molecule has 21 heavy (non-hydrogen) atoms. The number of urea groups is 1. The Kier molecular flexibility index (Phi) is 8.42. The molecule has 2 atom stereocenters. The Hall–Kier alpha value is -1.79. The van der Waals surface area contributed by atoms with Crippen LogP contribution >= 0.6 is 0 Å². The van der Waals surface area contributed by atoms with Crippen LogP contribution in [0.3, 0.4) is 0 Å². The van der Waals surface area contributed by atoms with Crippen LogP contribution in [-0.2, 0) is 9.59 Å². The Morgan fingerprint density at radius 1 is 1.14 bits per heavy atom. The van der Waals surface area contributed by atoms with Crippen molar-refractivity contribution >= 4 is 17.9 Å². The fourth-order valence-corrected chi connectivity index (χ4v) is 2.20. The van der Waals surface area contributed by atoms with Gasteiger partial charge in [-0.1, -0.05) is 27.7 Å². The zero-order valence-corrected chi connectivity index (χ0v) is 13.2. The van der Waals surface area contributed by atoms with Gasteiger partial charge in [0.25, 0.3) is 0 Å². The van der Waals surface area contributed by atoms with Crippen molar-refractivity contribution in [3.05, 3.63) is 0 Å². The van der Waals surface area contributed by atoms with E-state index < -0.39 is 18.0 Å². The quantitative estimate of drug-likeness (QED) is 0.506. The van der Waals surface area contributed by atoms with Crippen LogP contribution in [-0.4, -0.2) is 35.6 Å². The highest BCUT2D eigenvalue weighted by Gasteiger charge is 2.24. The highest BCUT2D eigenvalue weighted by molar-refractivity contribution is 5.86. The molecule has 7 nitrogen and oxygen atoms in total. The molecule has 0 rings (SSSR count). The largest absolute Gasteiger partial charge is 0.481 e. The Balaban J connectivity index is 4.56. The number of hydrogen-bond donors (Lipinski definition) is 4. The van der Waals surface area contributed by atoms with E-state index in [0.29, 0.717) is 12.3 Å². The maximum absolute atomic E-state index is 12.1. The monoisotopic (exact) mass is 301 g/mol. The summed E-state index contributed by atoms with van der Waals surface area (Å²) in [5.74, 6) is -1.13. The van der Waals surface area contributed by atoms with E-state index >= 15 is 0 Å². The van der Waals surface area contributed by atoms with Gasteiger partial charge in [-0.15, -0.1) is 0 Å². The number of nitrogens with two attached hydrogens (primary N) is 1. The lowest BCUT2D eigenvalue weighted by Crippen LogP contribution is -2.52. The third kappa shape index (κ3) is 8.88. The second-order valence-corrected chi connectivity index (χ2v) is 6.07. The van der Waals surface area contributed by atoms with Crippen LogP contribution in [0.15, 0.2) is 0 Å². The number of hydrogen-bond acceptors (Lipinski definition) is 3. The van der Waals surface area contributed by atoms with Crippen LogP contribution < -0.4 is 16.4 Å². The van der Waals surface area contributed by atoms with Crippen molar-refractivity contribution in [1.82, 2.24) is 10.6 Å². The summed E-state index contributed by atoms with van der Waals surface area (Å²) in [6.45, 7) is 7.86. The summed E-state index contributed by atoms with van der Waals surface area (Å²) in [7, 11) is 0. The summed E-state index contributed by atoms with van der Waals surface area (Å²) >= 11 is 0. The molecule has 0 saturated heterocycles. The fraction of sp³-hybridized carbons (Fsp3) is 0.786. The van der Waals surface area contributed by atoms with E-state index in [1.807, 2.05) is 13.8 Å². The minimum absolute atomic E-state index is 0.00799. The first-order valence-electron chi connectivity index (χ1n) is 7.18. The summed E-state index contributed by atoms with van der Waals surface area (Å²) in [4.78, 5) is 33.8. The maximum Gasteiger partial charge on any atom is 0.312 e. The normalized spacial score (nSPS) is 13.8. The second-order valence-electron chi connectivity index (χ2n) is 6.07. The number of amides is 3. The zero-order chi connectivity index (χ0) is 16.6. The van der Waals surface area contributed by atoms with Gasteiger partial charge in [0.15, 0.2) is 0 Å². The SMILES string of the molecule is CC(C)CC(CNC(=O)C(NC(N)=O)C(C)C)CC(=O)O.